The summed E-state index contributed by atoms with van der Waals surface area (Å²) in [5, 5.41) is 10.6. The Kier molecular flexibility index (Phi) is 1.36. The molecule has 2 unspecified atom stereocenters. The van der Waals surface area contributed by atoms with Crippen molar-refractivity contribution in [2.45, 2.75) is 58.0 Å². The van der Waals surface area contributed by atoms with Crippen molar-refractivity contribution in [3.05, 3.63) is 6.92 Å². The number of hydrogen-bond acceptors (Lipinski definition) is 1. The summed E-state index contributed by atoms with van der Waals surface area (Å²) in [4.78, 5) is 0. The van der Waals surface area contributed by atoms with Gasteiger partial charge < -0.3 is 5.11 Å². The van der Waals surface area contributed by atoms with Gasteiger partial charge in [0.05, 0.1) is 5.60 Å². The van der Waals surface area contributed by atoms with Gasteiger partial charge in [0.25, 0.3) is 0 Å². The molecular formula is C13H21O. The highest BCUT2D eigenvalue weighted by Gasteiger charge is 2.63. The van der Waals surface area contributed by atoms with Gasteiger partial charge in [-0.05, 0) is 61.7 Å². The van der Waals surface area contributed by atoms with Crippen molar-refractivity contribution in [1.82, 2.24) is 0 Å². The summed E-state index contributed by atoms with van der Waals surface area (Å²) in [7, 11) is 0. The third-order valence-corrected chi connectivity index (χ3v) is 4.67. The van der Waals surface area contributed by atoms with Crippen LogP contribution >= 0.6 is 0 Å². The first-order chi connectivity index (χ1) is 6.24. The molecule has 1 heteroatoms. The maximum Gasteiger partial charge on any atom is 0.0663 e. The molecular weight excluding hydrogens is 172 g/mol. The van der Waals surface area contributed by atoms with Crippen LogP contribution in [0.5, 0.6) is 0 Å². The lowest BCUT2D eigenvalue weighted by atomic mass is 9.39. The van der Waals surface area contributed by atoms with Crippen LogP contribution in [0.25, 0.3) is 0 Å². The molecule has 0 amide bonds. The standard InChI is InChI=1S/C13H21O/c1-10-4-11(2)6-12(3,5-10)9-13(14,7-10)8-11/h14H,1,4-9H2,2-3H3. The van der Waals surface area contributed by atoms with Gasteiger partial charge in [0, 0.05) is 0 Å². The summed E-state index contributed by atoms with van der Waals surface area (Å²) in [6.45, 7) is 9.12. The largest absolute Gasteiger partial charge is 0.390 e. The lowest BCUT2D eigenvalue weighted by molar-refractivity contribution is -0.212. The normalized spacial score (nSPS) is 66.0. The molecule has 0 aromatic heterocycles. The zero-order valence-corrected chi connectivity index (χ0v) is 9.40. The first-order valence-corrected chi connectivity index (χ1v) is 5.82. The molecule has 0 saturated heterocycles. The second-order valence-corrected chi connectivity index (χ2v) is 7.41. The average Bonchev–Trinajstić information content (AvgIpc) is 1.67. The Balaban J connectivity index is 2.08. The Hall–Kier alpha value is -0.0400. The first-order valence-electron chi connectivity index (χ1n) is 5.82. The molecule has 0 aromatic rings. The van der Waals surface area contributed by atoms with E-state index >= 15 is 0 Å². The molecule has 4 bridgehead atoms. The Morgan fingerprint density at radius 2 is 1.36 bits per heavy atom. The van der Waals surface area contributed by atoms with E-state index in [0.29, 0.717) is 10.8 Å². The minimum Gasteiger partial charge on any atom is -0.390 e. The Bertz CT molecular complexity index is 198. The number of aliphatic hydroxyl groups is 1. The molecule has 14 heavy (non-hydrogen) atoms. The van der Waals surface area contributed by atoms with E-state index in [1.807, 2.05) is 0 Å². The average molecular weight is 193 g/mol. The molecule has 1 radical (unpaired) electrons. The Morgan fingerprint density at radius 1 is 0.857 bits per heavy atom. The van der Waals surface area contributed by atoms with Crippen LogP contribution in [0.1, 0.15) is 52.4 Å². The van der Waals surface area contributed by atoms with Crippen LogP contribution in [0.3, 0.4) is 0 Å². The predicted molar refractivity (Wildman–Crippen MR) is 56.7 cm³/mol. The van der Waals surface area contributed by atoms with E-state index < -0.39 is 0 Å². The van der Waals surface area contributed by atoms with Crippen LogP contribution in [-0.4, -0.2) is 10.7 Å². The lowest BCUT2D eigenvalue weighted by Crippen LogP contribution is -2.61. The van der Waals surface area contributed by atoms with Crippen molar-refractivity contribution in [3.63, 3.8) is 0 Å². The van der Waals surface area contributed by atoms with E-state index in [0.717, 1.165) is 19.3 Å². The minimum atomic E-state index is -0.375. The van der Waals surface area contributed by atoms with Crippen molar-refractivity contribution in [2.75, 3.05) is 0 Å². The van der Waals surface area contributed by atoms with Crippen LogP contribution in [-0.2, 0) is 0 Å². The van der Waals surface area contributed by atoms with Crippen LogP contribution in [0, 0.1) is 23.2 Å². The summed E-state index contributed by atoms with van der Waals surface area (Å²) >= 11 is 0. The molecule has 0 aromatic carbocycles. The molecule has 79 valence electrons. The number of hydrogen-bond donors (Lipinski definition) is 1. The summed E-state index contributed by atoms with van der Waals surface area (Å²) < 4.78 is 0. The van der Waals surface area contributed by atoms with E-state index in [9.17, 15) is 5.11 Å². The molecule has 1 nitrogen and oxygen atoms in total. The fourth-order valence-electron chi connectivity index (χ4n) is 5.88. The highest BCUT2D eigenvalue weighted by Crippen LogP contribution is 2.70. The van der Waals surface area contributed by atoms with E-state index in [-0.39, 0.29) is 11.0 Å². The van der Waals surface area contributed by atoms with Gasteiger partial charge >= 0.3 is 0 Å². The molecule has 4 aliphatic carbocycles. The monoisotopic (exact) mass is 193 g/mol. The lowest BCUT2D eigenvalue weighted by Gasteiger charge is -2.67. The van der Waals surface area contributed by atoms with Crippen LogP contribution in [0.4, 0.5) is 0 Å². The molecule has 1 N–H and O–H groups in total. The van der Waals surface area contributed by atoms with Gasteiger partial charge in [-0.2, -0.15) is 0 Å². The predicted octanol–water partition coefficient (Wildman–Crippen LogP) is 2.93. The Morgan fingerprint density at radius 3 is 1.71 bits per heavy atom. The second kappa shape index (κ2) is 2.07. The zero-order chi connectivity index (χ0) is 10.2. The molecule has 2 atom stereocenters. The van der Waals surface area contributed by atoms with Crippen molar-refractivity contribution in [2.24, 2.45) is 16.2 Å². The third kappa shape index (κ3) is 1.11. The van der Waals surface area contributed by atoms with Crippen molar-refractivity contribution >= 4 is 0 Å². The maximum atomic E-state index is 10.6. The van der Waals surface area contributed by atoms with Gasteiger partial charge in [-0.15, -0.1) is 0 Å². The van der Waals surface area contributed by atoms with E-state index in [2.05, 4.69) is 20.8 Å². The van der Waals surface area contributed by atoms with Crippen molar-refractivity contribution < 1.29 is 5.11 Å². The summed E-state index contributed by atoms with van der Waals surface area (Å²) in [5.41, 5.74) is 0.562. The van der Waals surface area contributed by atoms with Crippen molar-refractivity contribution in [3.8, 4) is 0 Å². The highest BCUT2D eigenvalue weighted by atomic mass is 16.3. The highest BCUT2D eigenvalue weighted by molar-refractivity contribution is 5.16. The van der Waals surface area contributed by atoms with Gasteiger partial charge in [0.1, 0.15) is 0 Å². The topological polar surface area (TPSA) is 20.2 Å². The van der Waals surface area contributed by atoms with E-state index in [4.69, 9.17) is 0 Å². The summed E-state index contributed by atoms with van der Waals surface area (Å²) in [6, 6.07) is 0. The first kappa shape index (κ1) is 9.21. The minimum absolute atomic E-state index is 0.188. The van der Waals surface area contributed by atoms with Crippen LogP contribution in [0.2, 0.25) is 0 Å². The SMILES string of the molecule is [CH2]C12CC3(C)CC(C)(C1)CC(O)(C2)C3. The van der Waals surface area contributed by atoms with E-state index in [1.165, 1.54) is 19.3 Å². The van der Waals surface area contributed by atoms with E-state index in [1.54, 1.807) is 0 Å². The number of rotatable bonds is 0. The summed E-state index contributed by atoms with van der Waals surface area (Å²) in [5.74, 6) is 0. The van der Waals surface area contributed by atoms with Crippen molar-refractivity contribution in [1.29, 1.82) is 0 Å². The molecule has 0 heterocycles. The molecule has 0 aliphatic heterocycles. The second-order valence-electron chi connectivity index (χ2n) is 7.41. The molecule has 4 rings (SSSR count). The fraction of sp³-hybridized carbons (Fsp3) is 0.923. The quantitative estimate of drug-likeness (QED) is 0.627. The zero-order valence-electron chi connectivity index (χ0n) is 9.40. The van der Waals surface area contributed by atoms with Gasteiger partial charge in [-0.3, -0.25) is 0 Å². The summed E-state index contributed by atoms with van der Waals surface area (Å²) in [6.07, 6.45) is 6.76. The molecule has 4 aliphatic rings. The fourth-order valence-corrected chi connectivity index (χ4v) is 5.88. The molecule has 0 spiro atoms. The van der Waals surface area contributed by atoms with Gasteiger partial charge in [-0.25, -0.2) is 0 Å². The van der Waals surface area contributed by atoms with Gasteiger partial charge in [-0.1, -0.05) is 13.8 Å². The van der Waals surface area contributed by atoms with Crippen LogP contribution in [0.15, 0.2) is 0 Å². The molecule has 4 fully saturated rings. The maximum absolute atomic E-state index is 10.6. The molecule has 4 saturated carbocycles. The third-order valence-electron chi connectivity index (χ3n) is 4.67. The smallest absolute Gasteiger partial charge is 0.0663 e. The Labute approximate surface area is 86.9 Å². The van der Waals surface area contributed by atoms with Crippen LogP contribution < -0.4 is 0 Å². The van der Waals surface area contributed by atoms with Gasteiger partial charge in [0.2, 0.25) is 0 Å². The van der Waals surface area contributed by atoms with Gasteiger partial charge in [0.15, 0.2) is 0 Å².